The van der Waals surface area contributed by atoms with Gasteiger partial charge in [-0.3, -0.25) is 0 Å². The lowest BCUT2D eigenvalue weighted by Gasteiger charge is -2.01. The van der Waals surface area contributed by atoms with Gasteiger partial charge in [-0.1, -0.05) is 62.3 Å². The van der Waals surface area contributed by atoms with Gasteiger partial charge in [-0.25, -0.2) is 0 Å². The number of benzene rings is 2. The average Bonchev–Trinajstić information content (AvgIpc) is 2.52. The molecule has 0 N–H and O–H groups in total. The minimum atomic E-state index is 1.02. The number of unbranched alkanes of at least 4 members (excludes halogenated alkanes) is 3. The molecule has 0 aliphatic carbocycles. The van der Waals surface area contributed by atoms with Gasteiger partial charge in [0, 0.05) is 11.1 Å². The van der Waals surface area contributed by atoms with Crippen LogP contribution >= 0.6 is 0 Å². The van der Waals surface area contributed by atoms with Crippen molar-refractivity contribution in [3.63, 3.8) is 0 Å². The van der Waals surface area contributed by atoms with Crippen molar-refractivity contribution in [3.05, 3.63) is 77.7 Å². The molecule has 0 unspecified atom stereocenters. The highest BCUT2D eigenvalue weighted by atomic mass is 14.0. The summed E-state index contributed by atoms with van der Waals surface area (Å²) in [6.07, 6.45) is 6.44. The highest BCUT2D eigenvalue weighted by molar-refractivity contribution is 5.44. The maximum absolute atomic E-state index is 3.88. The summed E-state index contributed by atoms with van der Waals surface area (Å²) in [4.78, 5) is 0. The van der Waals surface area contributed by atoms with Gasteiger partial charge in [0.2, 0.25) is 0 Å². The first-order valence-electron chi connectivity index (χ1n) is 7.81. The largest absolute Gasteiger partial charge is 0.0654 e. The van der Waals surface area contributed by atoms with Crippen molar-refractivity contribution in [2.24, 2.45) is 0 Å². The third kappa shape index (κ3) is 5.48. The van der Waals surface area contributed by atoms with Crippen molar-refractivity contribution in [2.45, 2.75) is 39.0 Å². The molecule has 0 fully saturated rings. The van der Waals surface area contributed by atoms with E-state index in [1.165, 1.54) is 37.7 Å². The molecule has 2 aromatic carbocycles. The summed E-state index contributed by atoms with van der Waals surface area (Å²) in [5.41, 5.74) is 4.54. The molecule has 107 valence electrons. The quantitative estimate of drug-likeness (QED) is 0.507. The smallest absolute Gasteiger partial charge is 0.0249 e. The van der Waals surface area contributed by atoms with Crippen LogP contribution < -0.4 is 0 Å². The number of rotatable bonds is 5. The zero-order valence-corrected chi connectivity index (χ0v) is 12.9. The molecule has 0 heteroatoms. The van der Waals surface area contributed by atoms with Crippen molar-refractivity contribution in [1.82, 2.24) is 0 Å². The predicted molar refractivity (Wildman–Crippen MR) is 91.2 cm³/mol. The summed E-state index contributed by atoms with van der Waals surface area (Å²) in [6, 6.07) is 16.7. The van der Waals surface area contributed by atoms with Gasteiger partial charge in [0.25, 0.3) is 0 Å². The molecule has 0 saturated heterocycles. The second kappa shape index (κ2) is 8.32. The van der Waals surface area contributed by atoms with Gasteiger partial charge in [-0.15, -0.1) is 0 Å². The lowest BCUT2D eigenvalue weighted by molar-refractivity contribution is 0.667. The van der Waals surface area contributed by atoms with Gasteiger partial charge in [-0.2, -0.15) is 0 Å². The minimum absolute atomic E-state index is 1.02. The predicted octanol–water partition coefficient (Wildman–Crippen LogP) is 5.39. The number of aryl methyl sites for hydroxylation is 1. The molecule has 0 aromatic heterocycles. The molecule has 0 bridgehead atoms. The van der Waals surface area contributed by atoms with Crippen LogP contribution in [-0.4, -0.2) is 0 Å². The Bertz CT molecular complexity index is 591. The van der Waals surface area contributed by atoms with Gasteiger partial charge in [0.15, 0.2) is 0 Å². The first-order valence-corrected chi connectivity index (χ1v) is 7.81. The van der Waals surface area contributed by atoms with Crippen molar-refractivity contribution in [3.8, 4) is 11.8 Å². The van der Waals surface area contributed by atoms with Gasteiger partial charge in [0.1, 0.15) is 0 Å². The van der Waals surface area contributed by atoms with Crippen LogP contribution in [0.25, 0.3) is 0 Å². The fraction of sp³-hybridized carbons (Fsp3) is 0.286. The van der Waals surface area contributed by atoms with E-state index in [0.29, 0.717) is 0 Å². The molecule has 0 spiro atoms. The fourth-order valence-corrected chi connectivity index (χ4v) is 2.24. The summed E-state index contributed by atoms with van der Waals surface area (Å²) in [6.45, 7) is 6.13. The Morgan fingerprint density at radius 1 is 0.762 bits per heavy atom. The van der Waals surface area contributed by atoms with E-state index in [-0.39, 0.29) is 0 Å². The van der Waals surface area contributed by atoms with Crippen molar-refractivity contribution in [2.75, 3.05) is 0 Å². The van der Waals surface area contributed by atoms with Crippen molar-refractivity contribution < 1.29 is 0 Å². The normalized spacial score (nSPS) is 10.0. The molecule has 2 aromatic rings. The Balaban J connectivity index is 1.92. The van der Waals surface area contributed by atoms with E-state index in [9.17, 15) is 0 Å². The standard InChI is InChI=1S/C21H23/c1-3-4-5-6-7-19-12-14-21(15-13-19)17-16-20-10-8-18(2)9-11-20/h8-15H,2-7H2,1H3. The minimum Gasteiger partial charge on any atom is -0.0654 e. The van der Waals surface area contributed by atoms with E-state index in [0.717, 1.165) is 16.7 Å². The van der Waals surface area contributed by atoms with Crippen LogP contribution in [0.2, 0.25) is 0 Å². The molecule has 0 nitrogen and oxygen atoms in total. The third-order valence-electron chi connectivity index (χ3n) is 3.58. The van der Waals surface area contributed by atoms with Crippen molar-refractivity contribution >= 4 is 0 Å². The van der Waals surface area contributed by atoms with Gasteiger partial charge < -0.3 is 0 Å². The fourth-order valence-electron chi connectivity index (χ4n) is 2.24. The summed E-state index contributed by atoms with van der Waals surface area (Å²) in [5, 5.41) is 0. The molecular weight excluding hydrogens is 252 g/mol. The molecule has 2 rings (SSSR count). The first kappa shape index (κ1) is 15.4. The lowest BCUT2D eigenvalue weighted by atomic mass is 10.0. The monoisotopic (exact) mass is 275 g/mol. The Hall–Kier alpha value is -2.00. The van der Waals surface area contributed by atoms with Gasteiger partial charge in [-0.05, 0) is 55.2 Å². The molecule has 1 radical (unpaired) electrons. The van der Waals surface area contributed by atoms with E-state index in [1.54, 1.807) is 0 Å². The van der Waals surface area contributed by atoms with Crippen molar-refractivity contribution in [1.29, 1.82) is 0 Å². The topological polar surface area (TPSA) is 0 Å². The van der Waals surface area contributed by atoms with Crippen LogP contribution in [0.15, 0.2) is 48.5 Å². The second-order valence-corrected chi connectivity index (χ2v) is 5.45. The Labute approximate surface area is 129 Å². The average molecular weight is 275 g/mol. The van der Waals surface area contributed by atoms with Gasteiger partial charge >= 0.3 is 0 Å². The third-order valence-corrected chi connectivity index (χ3v) is 3.58. The summed E-state index contributed by atoms with van der Waals surface area (Å²) in [7, 11) is 0. The van der Waals surface area contributed by atoms with E-state index in [2.05, 4.69) is 50.0 Å². The van der Waals surface area contributed by atoms with Crippen LogP contribution in [0, 0.1) is 18.8 Å². The van der Waals surface area contributed by atoms with Crippen LogP contribution in [-0.2, 0) is 6.42 Å². The number of hydrogen-bond acceptors (Lipinski definition) is 0. The summed E-state index contributed by atoms with van der Waals surface area (Å²) < 4.78 is 0. The van der Waals surface area contributed by atoms with Crippen LogP contribution in [0.5, 0.6) is 0 Å². The van der Waals surface area contributed by atoms with E-state index >= 15 is 0 Å². The lowest BCUT2D eigenvalue weighted by Crippen LogP contribution is -1.86. The molecular formula is C21H23. The van der Waals surface area contributed by atoms with E-state index < -0.39 is 0 Å². The molecule has 0 aliphatic heterocycles. The molecule has 0 atom stereocenters. The zero-order chi connectivity index (χ0) is 14.9. The molecule has 21 heavy (non-hydrogen) atoms. The Morgan fingerprint density at radius 3 is 1.90 bits per heavy atom. The summed E-state index contributed by atoms with van der Waals surface area (Å²) in [5.74, 6) is 6.40. The maximum Gasteiger partial charge on any atom is 0.0249 e. The van der Waals surface area contributed by atoms with Crippen LogP contribution in [0.4, 0.5) is 0 Å². The van der Waals surface area contributed by atoms with E-state index in [1.807, 2.05) is 24.3 Å². The SMILES string of the molecule is [CH2]c1ccc(C#Cc2ccc(CCCCCC)cc2)cc1. The summed E-state index contributed by atoms with van der Waals surface area (Å²) >= 11 is 0. The highest BCUT2D eigenvalue weighted by Gasteiger charge is 1.94. The second-order valence-electron chi connectivity index (χ2n) is 5.45. The molecule has 0 amide bonds. The zero-order valence-electron chi connectivity index (χ0n) is 12.9. The number of hydrogen-bond donors (Lipinski definition) is 0. The van der Waals surface area contributed by atoms with Crippen LogP contribution in [0.3, 0.4) is 0 Å². The molecule has 0 aliphatic rings. The first-order chi connectivity index (χ1) is 10.3. The van der Waals surface area contributed by atoms with Crippen LogP contribution in [0.1, 0.15) is 54.9 Å². The Morgan fingerprint density at radius 2 is 1.33 bits per heavy atom. The van der Waals surface area contributed by atoms with E-state index in [4.69, 9.17) is 0 Å². The maximum atomic E-state index is 3.88. The Kier molecular flexibility index (Phi) is 6.10. The van der Waals surface area contributed by atoms with Gasteiger partial charge in [0.05, 0.1) is 0 Å². The molecule has 0 heterocycles. The highest BCUT2D eigenvalue weighted by Crippen LogP contribution is 2.09. The molecule has 0 saturated carbocycles.